The van der Waals surface area contributed by atoms with Gasteiger partial charge in [-0.1, -0.05) is 84.0 Å². The maximum atomic E-state index is 11.9. The summed E-state index contributed by atoms with van der Waals surface area (Å²) in [6.07, 6.45) is 16.9. The quantitative estimate of drug-likeness (QED) is 0.130. The van der Waals surface area contributed by atoms with E-state index in [9.17, 15) is 14.4 Å². The number of ether oxygens (including phenoxy) is 4. The zero-order chi connectivity index (χ0) is 48.0. The first-order valence-electron chi connectivity index (χ1n) is 25.6. The highest BCUT2D eigenvalue weighted by molar-refractivity contribution is 5.93. The normalized spacial score (nSPS) is 24.1. The van der Waals surface area contributed by atoms with Crippen molar-refractivity contribution in [3.63, 3.8) is 0 Å². The van der Waals surface area contributed by atoms with Crippen molar-refractivity contribution in [1.82, 2.24) is 10.2 Å². The average molecular weight is 919 g/mol. The molecule has 2 saturated heterocycles. The monoisotopic (exact) mass is 919 g/mol. The first-order chi connectivity index (χ1) is 32.1. The van der Waals surface area contributed by atoms with Crippen LogP contribution in [0.4, 0.5) is 0 Å². The third kappa shape index (κ3) is 15.3. The molecule has 2 unspecified atom stereocenters. The molecule has 8 rings (SSSR count). The number of carbonyl (C=O) groups is 3. The van der Waals surface area contributed by atoms with Gasteiger partial charge >= 0.3 is 11.9 Å². The van der Waals surface area contributed by atoms with Crippen molar-refractivity contribution < 1.29 is 33.3 Å². The van der Waals surface area contributed by atoms with Gasteiger partial charge in [-0.15, -0.1) is 0 Å². The van der Waals surface area contributed by atoms with E-state index < -0.39 is 0 Å². The van der Waals surface area contributed by atoms with E-state index in [1.165, 1.54) is 56.2 Å². The van der Waals surface area contributed by atoms with Crippen LogP contribution in [-0.2, 0) is 25.6 Å². The van der Waals surface area contributed by atoms with Gasteiger partial charge in [-0.2, -0.15) is 0 Å². The number of rotatable bonds is 9. The van der Waals surface area contributed by atoms with Gasteiger partial charge in [0.2, 0.25) is 0 Å². The number of methoxy groups -OCH3 is 2. The highest BCUT2D eigenvalue weighted by atomic mass is 16.5. The second-order valence-electron chi connectivity index (χ2n) is 21.9. The van der Waals surface area contributed by atoms with Gasteiger partial charge in [0.05, 0.1) is 38.3 Å². The lowest BCUT2D eigenvalue weighted by atomic mass is 9.72. The third-order valence-electron chi connectivity index (χ3n) is 15.2. The van der Waals surface area contributed by atoms with Gasteiger partial charge in [0.25, 0.3) is 0 Å². The van der Waals surface area contributed by atoms with Crippen molar-refractivity contribution in [2.24, 2.45) is 34.5 Å². The Kier molecular flexibility index (Phi) is 19.1. The minimum absolute atomic E-state index is 0.0475. The van der Waals surface area contributed by atoms with Crippen molar-refractivity contribution in [3.8, 4) is 11.5 Å². The van der Waals surface area contributed by atoms with Crippen molar-refractivity contribution in [1.29, 1.82) is 0 Å². The molecule has 2 aliphatic carbocycles. The van der Waals surface area contributed by atoms with Crippen LogP contribution >= 0.6 is 0 Å². The molecule has 0 bridgehead atoms. The molecule has 0 spiro atoms. The summed E-state index contributed by atoms with van der Waals surface area (Å²) in [6, 6.07) is 25.1. The summed E-state index contributed by atoms with van der Waals surface area (Å²) < 4.78 is 22.5. The van der Waals surface area contributed by atoms with Crippen molar-refractivity contribution >= 4 is 39.8 Å². The highest BCUT2D eigenvalue weighted by Crippen LogP contribution is 2.41. The number of hydrogen-bond donors (Lipinski definition) is 1. The molecule has 4 aromatic carbocycles. The van der Waals surface area contributed by atoms with E-state index in [-0.39, 0.29) is 23.8 Å². The first kappa shape index (κ1) is 51.9. The maximum absolute atomic E-state index is 11.9. The van der Waals surface area contributed by atoms with Crippen LogP contribution < -0.4 is 14.8 Å². The summed E-state index contributed by atoms with van der Waals surface area (Å²) in [6.45, 7) is 19.0. The lowest BCUT2D eigenvalue weighted by molar-refractivity contribution is -0.146. The summed E-state index contributed by atoms with van der Waals surface area (Å²) in [7, 11) is 2.95. The Morgan fingerprint density at radius 3 is 1.66 bits per heavy atom. The molecule has 9 nitrogen and oxygen atoms in total. The van der Waals surface area contributed by atoms with E-state index in [0.717, 1.165) is 137 Å². The minimum Gasteiger partial charge on any atom is -0.490 e. The van der Waals surface area contributed by atoms with Gasteiger partial charge in [0.15, 0.2) is 0 Å². The van der Waals surface area contributed by atoms with Gasteiger partial charge in [-0.3, -0.25) is 19.3 Å². The van der Waals surface area contributed by atoms with Crippen LogP contribution in [0.25, 0.3) is 21.5 Å². The standard InChI is InChI=1S/C29H41NO3.C21H26O2.C8H15NO2/c1-29(2,3)24-11-13-25(14-12-24)33-27-9-5-7-23-19-21(10-15-26(23)27)20-30-17-6-8-22(16-18-30)28(31)32-4;1-21(2,3)17-8-10-18(11-9-17)23-20-6-4-5-16-13-15(14-22)7-12-19(16)20;1-11-8(10)7-3-2-5-9-6-4-7/h5,7,9-10,15,19,22,24-25H,6,8,11-14,16-18,20H2,1-4H3;4-7,12-14,17-18H,8-11H2,1-3H3;7,9H,2-6H2,1H3. The van der Waals surface area contributed by atoms with Crippen LogP contribution in [0.2, 0.25) is 0 Å². The number of fused-ring (bicyclic) bond motifs is 2. The lowest BCUT2D eigenvalue weighted by Crippen LogP contribution is -2.30. The summed E-state index contributed by atoms with van der Waals surface area (Å²) >= 11 is 0. The number of carbonyl (C=O) groups excluding carboxylic acids is 3. The molecule has 4 aromatic rings. The van der Waals surface area contributed by atoms with Crippen LogP contribution in [0, 0.1) is 34.5 Å². The number of hydrogen-bond acceptors (Lipinski definition) is 9. The van der Waals surface area contributed by atoms with Gasteiger partial charge in [0.1, 0.15) is 17.8 Å². The van der Waals surface area contributed by atoms with E-state index >= 15 is 0 Å². The highest BCUT2D eigenvalue weighted by Gasteiger charge is 2.32. The Labute approximate surface area is 402 Å². The molecular weight excluding hydrogens is 837 g/mol. The van der Waals surface area contributed by atoms with E-state index in [2.05, 4.69) is 92.9 Å². The fraction of sp³-hybridized carbons (Fsp3) is 0.603. The summed E-state index contributed by atoms with van der Waals surface area (Å²) in [5.41, 5.74) is 2.83. The van der Waals surface area contributed by atoms with Crippen molar-refractivity contribution in [2.45, 2.75) is 150 Å². The zero-order valence-corrected chi connectivity index (χ0v) is 42.2. The average Bonchev–Trinajstić information content (AvgIpc) is 3.75. The SMILES string of the molecule is CC(C)(C)C1CCC(Oc2cccc3cc(C=O)ccc23)CC1.COC(=O)C1CCCN(Cc2ccc3c(OC4CCC(C(C)(C)C)CC4)cccc3c2)CC1.COC(=O)C1CCCNCC1. The number of esters is 2. The molecule has 4 aliphatic rings. The fourth-order valence-corrected chi connectivity index (χ4v) is 10.8. The molecule has 2 heterocycles. The number of nitrogens with zero attached hydrogens (tertiary/aromatic N) is 1. The summed E-state index contributed by atoms with van der Waals surface area (Å²) in [5.74, 6) is 3.65. The molecule has 4 fully saturated rings. The van der Waals surface area contributed by atoms with Crippen LogP contribution in [0.15, 0.2) is 72.8 Å². The molecule has 0 radical (unpaired) electrons. The molecule has 0 aromatic heterocycles. The Hall–Kier alpha value is -4.47. The Morgan fingerprint density at radius 2 is 1.12 bits per heavy atom. The van der Waals surface area contributed by atoms with Crippen LogP contribution in [0.5, 0.6) is 11.5 Å². The zero-order valence-electron chi connectivity index (χ0n) is 42.2. The number of likely N-dealkylation sites (tertiary alicyclic amines) is 1. The Morgan fingerprint density at radius 1 is 0.597 bits per heavy atom. The predicted octanol–water partition coefficient (Wildman–Crippen LogP) is 12.8. The second-order valence-corrected chi connectivity index (χ2v) is 21.9. The van der Waals surface area contributed by atoms with Crippen LogP contribution in [0.1, 0.15) is 147 Å². The topological polar surface area (TPSA) is 103 Å². The summed E-state index contributed by atoms with van der Waals surface area (Å²) in [4.78, 5) is 36.4. The minimum atomic E-state index is -0.0537. The van der Waals surface area contributed by atoms with Gasteiger partial charge in [-0.05, 0) is 185 Å². The maximum Gasteiger partial charge on any atom is 0.308 e. The van der Waals surface area contributed by atoms with E-state index in [0.29, 0.717) is 28.6 Å². The molecule has 9 heteroatoms. The smallest absolute Gasteiger partial charge is 0.308 e. The molecule has 0 amide bonds. The lowest BCUT2D eigenvalue weighted by Gasteiger charge is -2.37. The third-order valence-corrected chi connectivity index (χ3v) is 15.2. The van der Waals surface area contributed by atoms with Gasteiger partial charge < -0.3 is 24.3 Å². The molecule has 2 aliphatic heterocycles. The first-order valence-corrected chi connectivity index (χ1v) is 25.6. The second kappa shape index (κ2) is 24.7. The van der Waals surface area contributed by atoms with Crippen LogP contribution in [0.3, 0.4) is 0 Å². The molecule has 2 saturated carbocycles. The number of nitrogens with one attached hydrogen (secondary N) is 1. The Balaban J connectivity index is 0.000000188. The van der Waals surface area contributed by atoms with E-state index in [1.807, 2.05) is 36.4 Å². The molecule has 1 N–H and O–H groups in total. The largest absolute Gasteiger partial charge is 0.490 e. The van der Waals surface area contributed by atoms with Gasteiger partial charge in [0, 0.05) is 22.9 Å². The van der Waals surface area contributed by atoms with Crippen molar-refractivity contribution in [3.05, 3.63) is 83.9 Å². The van der Waals surface area contributed by atoms with E-state index in [1.54, 1.807) is 0 Å². The molecule has 2 atom stereocenters. The number of benzene rings is 4. The number of aldehydes is 1. The molecule has 366 valence electrons. The summed E-state index contributed by atoms with van der Waals surface area (Å²) in [5, 5.41) is 7.86. The molecular formula is C58H82N2O7. The molecule has 67 heavy (non-hydrogen) atoms. The van der Waals surface area contributed by atoms with E-state index in [4.69, 9.17) is 14.2 Å². The van der Waals surface area contributed by atoms with Crippen molar-refractivity contribution in [2.75, 3.05) is 40.4 Å². The van der Waals surface area contributed by atoms with Crippen LogP contribution in [-0.4, -0.2) is 75.7 Å². The van der Waals surface area contributed by atoms with Gasteiger partial charge in [-0.25, -0.2) is 0 Å². The predicted molar refractivity (Wildman–Crippen MR) is 272 cm³/mol. The Bertz CT molecular complexity index is 2180. The fourth-order valence-electron chi connectivity index (χ4n) is 10.8.